The first kappa shape index (κ1) is 17.3. The molecule has 0 fully saturated rings. The van der Waals surface area contributed by atoms with Gasteiger partial charge in [-0.2, -0.15) is 0 Å². The lowest BCUT2D eigenvalue weighted by Gasteiger charge is -2.08. The number of carbonyl (C=O) groups is 2. The Balaban J connectivity index is 1.74. The Hall–Kier alpha value is -2.06. The van der Waals surface area contributed by atoms with Gasteiger partial charge in [0.05, 0.1) is 5.75 Å². The summed E-state index contributed by atoms with van der Waals surface area (Å²) < 4.78 is 1.35. The number of rotatable bonds is 5. The summed E-state index contributed by atoms with van der Waals surface area (Å²) >= 11 is 2.42. The van der Waals surface area contributed by atoms with E-state index in [4.69, 9.17) is 0 Å². The van der Waals surface area contributed by atoms with Crippen molar-refractivity contribution >= 4 is 34.9 Å². The highest BCUT2D eigenvalue weighted by Gasteiger charge is 2.09. The van der Waals surface area contributed by atoms with Crippen LogP contribution in [0.25, 0.3) is 0 Å². The van der Waals surface area contributed by atoms with Crippen molar-refractivity contribution in [3.8, 4) is 0 Å². The molecule has 23 heavy (non-hydrogen) atoms. The largest absolute Gasteiger partial charge is 0.307 e. The second-order valence-electron chi connectivity index (χ2n) is 4.93. The highest BCUT2D eigenvalue weighted by Crippen LogP contribution is 2.17. The number of amides is 2. The predicted octanol–water partition coefficient (Wildman–Crippen LogP) is 1.47. The molecular weight excluding hydrogens is 334 g/mol. The van der Waals surface area contributed by atoms with Gasteiger partial charge in [0.15, 0.2) is 0 Å². The molecule has 8 heteroatoms. The molecule has 0 spiro atoms. The molecule has 2 rings (SSSR count). The van der Waals surface area contributed by atoms with E-state index in [2.05, 4.69) is 10.9 Å². The smallest absolute Gasteiger partial charge is 0.294 e. The van der Waals surface area contributed by atoms with Crippen molar-refractivity contribution in [1.82, 2.24) is 15.4 Å². The van der Waals surface area contributed by atoms with Gasteiger partial charge in [-0.25, -0.2) is 0 Å². The minimum atomic E-state index is -0.442. The molecule has 0 atom stereocenters. The molecule has 6 nitrogen and oxygen atoms in total. The predicted molar refractivity (Wildman–Crippen MR) is 91.5 cm³/mol. The molecule has 2 amide bonds. The molecule has 0 saturated carbocycles. The van der Waals surface area contributed by atoms with Crippen molar-refractivity contribution in [1.29, 1.82) is 0 Å². The second kappa shape index (κ2) is 7.98. The topological polar surface area (TPSA) is 80.2 Å². The lowest BCUT2D eigenvalue weighted by Crippen LogP contribution is -2.44. The SMILES string of the molecule is Cc1ccc(SCC(=O)NNC(=O)Cn2c(C)csc2=O)cc1. The molecule has 0 bridgehead atoms. The number of aryl methyl sites for hydroxylation is 2. The molecule has 0 aliphatic heterocycles. The van der Waals surface area contributed by atoms with Gasteiger partial charge in [-0.3, -0.25) is 29.8 Å². The summed E-state index contributed by atoms with van der Waals surface area (Å²) in [6, 6.07) is 7.83. The minimum absolute atomic E-state index is 0.112. The summed E-state index contributed by atoms with van der Waals surface area (Å²) in [5, 5.41) is 1.69. The van der Waals surface area contributed by atoms with Gasteiger partial charge in [-0.05, 0) is 26.0 Å². The van der Waals surface area contributed by atoms with Crippen LogP contribution in [0.3, 0.4) is 0 Å². The summed E-state index contributed by atoms with van der Waals surface area (Å²) in [6.07, 6.45) is 0. The first-order valence-corrected chi connectivity index (χ1v) is 8.74. The number of nitrogens with zero attached hydrogens (tertiary/aromatic N) is 1. The third-order valence-corrected chi connectivity index (χ3v) is 4.90. The van der Waals surface area contributed by atoms with E-state index in [9.17, 15) is 14.4 Å². The van der Waals surface area contributed by atoms with Gasteiger partial charge in [0, 0.05) is 16.0 Å². The maximum atomic E-state index is 11.7. The van der Waals surface area contributed by atoms with Gasteiger partial charge in [0.2, 0.25) is 5.91 Å². The van der Waals surface area contributed by atoms with Gasteiger partial charge >= 0.3 is 4.87 Å². The van der Waals surface area contributed by atoms with Crippen LogP contribution >= 0.6 is 23.1 Å². The lowest BCUT2D eigenvalue weighted by molar-refractivity contribution is -0.128. The van der Waals surface area contributed by atoms with Crippen LogP contribution in [-0.2, 0) is 16.1 Å². The number of carbonyl (C=O) groups excluding carboxylic acids is 2. The van der Waals surface area contributed by atoms with Gasteiger partial charge < -0.3 is 0 Å². The number of nitrogens with one attached hydrogen (secondary N) is 2. The van der Waals surface area contributed by atoms with Crippen LogP contribution < -0.4 is 15.7 Å². The number of hydrogen-bond donors (Lipinski definition) is 2. The summed E-state index contributed by atoms with van der Waals surface area (Å²) in [7, 11) is 0. The Bertz CT molecular complexity index is 750. The summed E-state index contributed by atoms with van der Waals surface area (Å²) in [5.41, 5.74) is 6.53. The van der Waals surface area contributed by atoms with Crippen LogP contribution in [0, 0.1) is 13.8 Å². The molecule has 1 aromatic heterocycles. The average Bonchev–Trinajstić information content (AvgIpc) is 2.84. The number of hydrazine groups is 1. The van der Waals surface area contributed by atoms with Crippen LogP contribution in [-0.4, -0.2) is 22.1 Å². The number of benzene rings is 1. The molecule has 0 aliphatic rings. The molecule has 1 aromatic carbocycles. The normalized spacial score (nSPS) is 10.3. The van der Waals surface area contributed by atoms with Crippen molar-refractivity contribution < 1.29 is 9.59 Å². The van der Waals surface area contributed by atoms with Gasteiger partial charge in [0.25, 0.3) is 5.91 Å². The monoisotopic (exact) mass is 351 g/mol. The van der Waals surface area contributed by atoms with Crippen LogP contribution in [0.1, 0.15) is 11.3 Å². The van der Waals surface area contributed by atoms with E-state index in [1.54, 1.807) is 12.3 Å². The first-order valence-electron chi connectivity index (χ1n) is 6.88. The molecule has 122 valence electrons. The Kier molecular flexibility index (Phi) is 6.00. The molecule has 0 radical (unpaired) electrons. The summed E-state index contributed by atoms with van der Waals surface area (Å²) in [6.45, 7) is 3.64. The van der Waals surface area contributed by atoms with Crippen LogP contribution in [0.4, 0.5) is 0 Å². The molecule has 0 aliphatic carbocycles. The van der Waals surface area contributed by atoms with Gasteiger partial charge in [-0.15, -0.1) is 11.8 Å². The molecular formula is C15H17N3O3S2. The van der Waals surface area contributed by atoms with E-state index in [-0.39, 0.29) is 23.1 Å². The summed E-state index contributed by atoms with van der Waals surface area (Å²) in [5.74, 6) is -0.554. The fraction of sp³-hybridized carbons (Fsp3) is 0.267. The van der Waals surface area contributed by atoms with Crippen LogP contribution in [0.5, 0.6) is 0 Å². The standard InChI is InChI=1S/C15H17N3O3S2/c1-10-3-5-12(6-4-10)22-9-14(20)17-16-13(19)7-18-11(2)8-23-15(18)21/h3-6,8H,7,9H2,1-2H3,(H,16,19)(H,17,20). The van der Waals surface area contributed by atoms with Crippen molar-refractivity contribution in [2.45, 2.75) is 25.3 Å². The van der Waals surface area contributed by atoms with Gasteiger partial charge in [-0.1, -0.05) is 29.0 Å². The molecule has 1 heterocycles. The van der Waals surface area contributed by atoms with Crippen molar-refractivity contribution in [2.75, 3.05) is 5.75 Å². The fourth-order valence-corrected chi connectivity index (χ4v) is 3.17. The quantitative estimate of drug-likeness (QED) is 0.631. The van der Waals surface area contributed by atoms with E-state index >= 15 is 0 Å². The second-order valence-corrected chi connectivity index (χ2v) is 6.80. The maximum Gasteiger partial charge on any atom is 0.307 e. The highest BCUT2D eigenvalue weighted by atomic mass is 32.2. The van der Waals surface area contributed by atoms with E-state index in [1.165, 1.54) is 16.3 Å². The Morgan fingerprint density at radius 2 is 1.78 bits per heavy atom. The molecule has 0 saturated heterocycles. The molecule has 0 unspecified atom stereocenters. The van der Waals surface area contributed by atoms with E-state index < -0.39 is 5.91 Å². The third kappa shape index (κ3) is 5.26. The number of aromatic nitrogens is 1. The van der Waals surface area contributed by atoms with Crippen LogP contribution in [0.2, 0.25) is 0 Å². The zero-order valence-corrected chi connectivity index (χ0v) is 14.4. The maximum absolute atomic E-state index is 11.7. The van der Waals surface area contributed by atoms with E-state index in [1.807, 2.05) is 31.2 Å². The zero-order valence-electron chi connectivity index (χ0n) is 12.8. The minimum Gasteiger partial charge on any atom is -0.294 e. The average molecular weight is 351 g/mol. The fourth-order valence-electron chi connectivity index (χ4n) is 1.74. The number of thiazole rings is 1. The van der Waals surface area contributed by atoms with Crippen molar-refractivity contribution in [3.05, 3.63) is 50.6 Å². The van der Waals surface area contributed by atoms with E-state index in [0.29, 0.717) is 0 Å². The molecule has 2 N–H and O–H groups in total. The Labute approximate surface area is 141 Å². The first-order chi connectivity index (χ1) is 11.0. The van der Waals surface area contributed by atoms with Gasteiger partial charge in [0.1, 0.15) is 6.54 Å². The Morgan fingerprint density at radius 3 is 2.39 bits per heavy atom. The third-order valence-electron chi connectivity index (χ3n) is 3.01. The van der Waals surface area contributed by atoms with Crippen LogP contribution in [0.15, 0.2) is 39.3 Å². The highest BCUT2D eigenvalue weighted by molar-refractivity contribution is 8.00. The Morgan fingerprint density at radius 1 is 1.13 bits per heavy atom. The van der Waals surface area contributed by atoms with Crippen molar-refractivity contribution in [3.63, 3.8) is 0 Å². The zero-order chi connectivity index (χ0) is 16.8. The number of hydrogen-bond acceptors (Lipinski definition) is 5. The summed E-state index contributed by atoms with van der Waals surface area (Å²) in [4.78, 5) is 35.8. The van der Waals surface area contributed by atoms with E-state index in [0.717, 1.165) is 27.5 Å². The lowest BCUT2D eigenvalue weighted by atomic mass is 10.2. The number of thioether (sulfide) groups is 1. The van der Waals surface area contributed by atoms with Crippen molar-refractivity contribution in [2.24, 2.45) is 0 Å². The molecule has 2 aromatic rings.